The molecule has 234 valence electrons. The summed E-state index contributed by atoms with van der Waals surface area (Å²) in [6.07, 6.45) is 0. The first kappa shape index (κ1) is 52.8. The van der Waals surface area contributed by atoms with Crippen LogP contribution in [-0.2, 0) is 33.0 Å². The smallest absolute Gasteiger partial charge is 0.862 e. The third-order valence-electron chi connectivity index (χ3n) is 4.58. The second-order valence-corrected chi connectivity index (χ2v) is 6.84. The van der Waals surface area contributed by atoms with E-state index < -0.39 is 35.4 Å². The number of aliphatic imine (C=N–C) groups is 4. The Morgan fingerprint density at radius 3 is 0.763 bits per heavy atom. The SMILES string of the molecule is O.O.O.O.O.O.[Ni+2].[Ni+2].[O-]C1=NCCNCCNCCN=C([O-])C1C1C([O-])=NCCNCCNCCN=C1[O-]. The van der Waals surface area contributed by atoms with E-state index in [1.165, 1.54) is 0 Å². The van der Waals surface area contributed by atoms with Crippen molar-refractivity contribution in [3.05, 3.63) is 0 Å². The van der Waals surface area contributed by atoms with Crippen LogP contribution in [0.3, 0.4) is 0 Å². The predicted molar refractivity (Wildman–Crippen MR) is 129 cm³/mol. The molecule has 0 saturated heterocycles. The van der Waals surface area contributed by atoms with E-state index in [4.69, 9.17) is 0 Å². The molecule has 2 rings (SSSR count). The van der Waals surface area contributed by atoms with E-state index in [-0.39, 0.29) is 92.0 Å². The van der Waals surface area contributed by atoms with Crippen molar-refractivity contribution in [1.29, 1.82) is 0 Å². The van der Waals surface area contributed by atoms with Crippen LogP contribution in [0.25, 0.3) is 0 Å². The van der Waals surface area contributed by atoms with E-state index in [0.717, 1.165) is 0 Å². The first-order chi connectivity index (χ1) is 14.6. The molecule has 0 saturated carbocycles. The standard InChI is InChI=1S/C18H34N8O4.2Ni.6H2O/c27-15-13(16(28)24-10-6-20-2-1-19-5-9-23-15)14-17(29)25-11-7-21-3-4-22-8-12-26-18(14)30;;;;;;;;/h13-14,19-22H,1-12H2,(H,23,27)(H,24,28)(H,25,29)(H,26,30);;;6*1H2/q;2*+2;;;;;;/p-4. The fraction of sp³-hybridized carbons (Fsp3) is 0.778. The van der Waals surface area contributed by atoms with Gasteiger partial charge in [-0.1, -0.05) is 0 Å². The maximum Gasteiger partial charge on any atom is 2.00 e. The predicted octanol–water partition coefficient (Wildman–Crippen LogP) is -11.3. The molecule has 0 aromatic rings. The molecule has 0 amide bonds. The quantitative estimate of drug-likeness (QED) is 0.197. The monoisotopic (exact) mass is 646 g/mol. The number of nitrogens with one attached hydrogen (secondary N) is 4. The van der Waals surface area contributed by atoms with E-state index in [0.29, 0.717) is 52.4 Å². The third kappa shape index (κ3) is 19.5. The van der Waals surface area contributed by atoms with Crippen LogP contribution in [-0.4, -0.2) is 135 Å². The molecule has 0 atom stereocenters. The molecule has 0 fully saturated rings. The number of nitrogens with zero attached hydrogens (tertiary/aromatic N) is 4. The first-order valence-corrected chi connectivity index (χ1v) is 10.3. The Labute approximate surface area is 241 Å². The van der Waals surface area contributed by atoms with Crippen molar-refractivity contribution in [1.82, 2.24) is 21.3 Å². The second-order valence-electron chi connectivity index (χ2n) is 6.84. The van der Waals surface area contributed by atoms with Gasteiger partial charge in [-0.25, -0.2) is 0 Å². The van der Waals surface area contributed by atoms with Gasteiger partial charge in [-0.3, -0.25) is 0 Å². The van der Waals surface area contributed by atoms with Crippen molar-refractivity contribution in [2.24, 2.45) is 31.8 Å². The van der Waals surface area contributed by atoms with Gasteiger partial charge in [-0.2, -0.15) is 0 Å². The Morgan fingerprint density at radius 1 is 0.395 bits per heavy atom. The summed E-state index contributed by atoms with van der Waals surface area (Å²) in [5.74, 6) is -6.62. The minimum atomic E-state index is -1.63. The number of hydrogen-bond donors (Lipinski definition) is 4. The molecule has 38 heavy (non-hydrogen) atoms. The van der Waals surface area contributed by atoms with E-state index in [1.807, 2.05) is 0 Å². The molecule has 0 spiro atoms. The van der Waals surface area contributed by atoms with Gasteiger partial charge < -0.3 is 94.5 Å². The summed E-state index contributed by atoms with van der Waals surface area (Å²) in [5, 5.41) is 63.4. The van der Waals surface area contributed by atoms with Crippen LogP contribution in [0.1, 0.15) is 0 Å². The molecule has 0 unspecified atom stereocenters. The van der Waals surface area contributed by atoms with Gasteiger partial charge in [0.25, 0.3) is 0 Å². The molecular weight excluding hydrogens is 606 g/mol. The van der Waals surface area contributed by atoms with Crippen LogP contribution >= 0.6 is 0 Å². The zero-order chi connectivity index (χ0) is 21.6. The topological polar surface area (TPSA) is 379 Å². The summed E-state index contributed by atoms with van der Waals surface area (Å²) in [6.45, 7) is 4.96. The number of hydrogen-bond acceptors (Lipinski definition) is 12. The summed E-state index contributed by atoms with van der Waals surface area (Å²) >= 11 is 0. The average Bonchev–Trinajstić information content (AvgIpc) is 2.75. The van der Waals surface area contributed by atoms with Gasteiger partial charge in [-0.05, 0) is 23.6 Å². The van der Waals surface area contributed by atoms with Crippen molar-refractivity contribution in [3.63, 3.8) is 0 Å². The molecule has 0 bridgehead atoms. The molecule has 0 aromatic heterocycles. The van der Waals surface area contributed by atoms with Gasteiger partial charge >= 0.3 is 33.0 Å². The Kier molecular flexibility index (Phi) is 44.0. The fourth-order valence-electron chi connectivity index (χ4n) is 3.01. The molecule has 20 heteroatoms. The Hall–Kier alpha value is -1.53. The summed E-state index contributed by atoms with van der Waals surface area (Å²) in [4.78, 5) is 15.6. The summed E-state index contributed by atoms with van der Waals surface area (Å²) in [7, 11) is 0. The fourth-order valence-corrected chi connectivity index (χ4v) is 3.01. The molecule has 0 aromatic carbocycles. The van der Waals surface area contributed by atoms with Crippen LogP contribution in [0.2, 0.25) is 0 Å². The van der Waals surface area contributed by atoms with Crippen LogP contribution in [0.5, 0.6) is 0 Å². The summed E-state index contributed by atoms with van der Waals surface area (Å²) in [5.41, 5.74) is 0. The largest absolute Gasteiger partial charge is 2.00 e. The molecule has 2 aliphatic rings. The number of rotatable bonds is 1. The average molecular weight is 648 g/mol. The summed E-state index contributed by atoms with van der Waals surface area (Å²) in [6, 6.07) is 0. The van der Waals surface area contributed by atoms with E-state index in [9.17, 15) is 20.4 Å². The van der Waals surface area contributed by atoms with Crippen LogP contribution in [0, 0.1) is 11.8 Å². The van der Waals surface area contributed by atoms with Gasteiger partial charge in [0.05, 0.1) is 26.2 Å². The zero-order valence-electron chi connectivity index (χ0n) is 20.7. The van der Waals surface area contributed by atoms with E-state index in [1.54, 1.807) is 0 Å². The van der Waals surface area contributed by atoms with Crippen molar-refractivity contribution >= 4 is 23.6 Å². The summed E-state index contributed by atoms with van der Waals surface area (Å²) < 4.78 is 0. The molecule has 0 radical (unpaired) electrons. The first-order valence-electron chi connectivity index (χ1n) is 10.3. The van der Waals surface area contributed by atoms with Gasteiger partial charge in [0.2, 0.25) is 0 Å². The maximum atomic E-state index is 12.7. The van der Waals surface area contributed by atoms with Gasteiger partial charge in [-0.15, -0.1) is 0 Å². The van der Waals surface area contributed by atoms with Crippen LogP contribution in [0.4, 0.5) is 0 Å². The molecule has 2 aliphatic heterocycles. The Balaban J connectivity index is -0.000000240. The second kappa shape index (κ2) is 31.7. The van der Waals surface area contributed by atoms with E-state index in [2.05, 4.69) is 41.2 Å². The molecule has 0 aliphatic carbocycles. The third-order valence-corrected chi connectivity index (χ3v) is 4.58. The van der Waals surface area contributed by atoms with Crippen molar-refractivity contribution < 1.29 is 86.3 Å². The van der Waals surface area contributed by atoms with Crippen molar-refractivity contribution in [2.45, 2.75) is 0 Å². The zero-order valence-corrected chi connectivity index (χ0v) is 22.7. The van der Waals surface area contributed by atoms with Gasteiger partial charge in [0, 0.05) is 64.2 Å². The van der Waals surface area contributed by atoms with Gasteiger partial charge in [0.15, 0.2) is 0 Å². The normalized spacial score (nSPS) is 21.5. The molecule has 16 N–H and O–H groups in total. The Morgan fingerprint density at radius 2 is 0.579 bits per heavy atom. The Bertz CT molecular complexity index is 557. The minimum absolute atomic E-state index is 0. The molecule has 2 heterocycles. The minimum Gasteiger partial charge on any atom is -0.862 e. The molecular formula is C18H42N8Ni2O10. The van der Waals surface area contributed by atoms with Crippen LogP contribution < -0.4 is 41.7 Å². The van der Waals surface area contributed by atoms with E-state index >= 15 is 0 Å². The maximum absolute atomic E-state index is 12.7. The van der Waals surface area contributed by atoms with Gasteiger partial charge in [0.1, 0.15) is 0 Å². The molecule has 18 nitrogen and oxygen atoms in total. The van der Waals surface area contributed by atoms with Crippen LogP contribution in [0.15, 0.2) is 20.0 Å². The van der Waals surface area contributed by atoms with Crippen molar-refractivity contribution in [3.8, 4) is 0 Å². The van der Waals surface area contributed by atoms with Crippen molar-refractivity contribution in [2.75, 3.05) is 78.5 Å².